The van der Waals surface area contributed by atoms with Crippen molar-refractivity contribution >= 4 is 11.6 Å². The molecular formula is C12H18ClNO2. The van der Waals surface area contributed by atoms with E-state index in [1.807, 2.05) is 13.0 Å². The van der Waals surface area contributed by atoms with Crippen molar-refractivity contribution in [3.63, 3.8) is 0 Å². The lowest BCUT2D eigenvalue weighted by Crippen LogP contribution is -2.12. The first-order valence-corrected chi connectivity index (χ1v) is 5.80. The molecule has 0 aliphatic heterocycles. The van der Waals surface area contributed by atoms with Gasteiger partial charge in [-0.2, -0.15) is 0 Å². The van der Waals surface area contributed by atoms with Gasteiger partial charge in [0, 0.05) is 17.6 Å². The molecule has 1 N–H and O–H groups in total. The van der Waals surface area contributed by atoms with Crippen LogP contribution in [0.25, 0.3) is 0 Å². The fourth-order valence-corrected chi connectivity index (χ4v) is 1.62. The Morgan fingerprint density at radius 3 is 2.56 bits per heavy atom. The summed E-state index contributed by atoms with van der Waals surface area (Å²) in [6, 6.07) is 3.71. The molecule has 0 bridgehead atoms. The number of nitrogens with one attached hydrogen (secondary N) is 1. The van der Waals surface area contributed by atoms with E-state index in [-0.39, 0.29) is 0 Å². The SMILES string of the molecule is CCNCc1cc(OCC)c(OC)cc1Cl. The van der Waals surface area contributed by atoms with Crippen LogP contribution in [0.3, 0.4) is 0 Å². The molecule has 0 atom stereocenters. The molecule has 0 heterocycles. The first-order valence-electron chi connectivity index (χ1n) is 5.42. The fraction of sp³-hybridized carbons (Fsp3) is 0.500. The summed E-state index contributed by atoms with van der Waals surface area (Å²) in [5.74, 6) is 1.41. The Balaban J connectivity index is 2.96. The van der Waals surface area contributed by atoms with Gasteiger partial charge in [0.15, 0.2) is 11.5 Å². The Morgan fingerprint density at radius 1 is 1.25 bits per heavy atom. The molecule has 1 aromatic carbocycles. The molecule has 16 heavy (non-hydrogen) atoms. The van der Waals surface area contributed by atoms with E-state index in [0.29, 0.717) is 17.4 Å². The third kappa shape index (κ3) is 3.29. The second kappa shape index (κ2) is 6.61. The van der Waals surface area contributed by atoms with Gasteiger partial charge in [-0.3, -0.25) is 0 Å². The summed E-state index contributed by atoms with van der Waals surface area (Å²) in [4.78, 5) is 0. The molecule has 0 aliphatic carbocycles. The molecule has 0 aliphatic rings. The minimum absolute atomic E-state index is 0.610. The van der Waals surface area contributed by atoms with E-state index < -0.39 is 0 Å². The molecular weight excluding hydrogens is 226 g/mol. The van der Waals surface area contributed by atoms with Gasteiger partial charge in [0.05, 0.1) is 13.7 Å². The van der Waals surface area contributed by atoms with Crippen LogP contribution in [0.4, 0.5) is 0 Å². The lowest BCUT2D eigenvalue weighted by atomic mass is 10.2. The molecule has 0 amide bonds. The van der Waals surface area contributed by atoms with E-state index in [2.05, 4.69) is 12.2 Å². The van der Waals surface area contributed by atoms with Gasteiger partial charge in [-0.1, -0.05) is 18.5 Å². The summed E-state index contributed by atoms with van der Waals surface area (Å²) in [5.41, 5.74) is 1.02. The van der Waals surface area contributed by atoms with Gasteiger partial charge in [-0.05, 0) is 25.1 Å². The lowest BCUT2D eigenvalue weighted by Gasteiger charge is -2.13. The second-order valence-electron chi connectivity index (χ2n) is 3.31. The van der Waals surface area contributed by atoms with E-state index in [4.69, 9.17) is 21.1 Å². The van der Waals surface area contributed by atoms with Crippen LogP contribution in [0.1, 0.15) is 19.4 Å². The first-order chi connectivity index (χ1) is 7.72. The molecule has 4 heteroatoms. The van der Waals surface area contributed by atoms with Gasteiger partial charge in [-0.15, -0.1) is 0 Å². The number of methoxy groups -OCH3 is 1. The van der Waals surface area contributed by atoms with Crippen molar-refractivity contribution in [3.8, 4) is 11.5 Å². The zero-order chi connectivity index (χ0) is 12.0. The van der Waals surface area contributed by atoms with E-state index >= 15 is 0 Å². The Bertz CT molecular complexity index is 342. The summed E-state index contributed by atoms with van der Waals surface area (Å²) in [5, 5.41) is 3.93. The topological polar surface area (TPSA) is 30.5 Å². The molecule has 3 nitrogen and oxygen atoms in total. The predicted molar refractivity (Wildman–Crippen MR) is 66.6 cm³/mol. The van der Waals surface area contributed by atoms with Crippen LogP contribution in [-0.4, -0.2) is 20.3 Å². The van der Waals surface area contributed by atoms with Crippen LogP contribution < -0.4 is 14.8 Å². The van der Waals surface area contributed by atoms with Crippen LogP contribution in [-0.2, 0) is 6.54 Å². The molecule has 1 aromatic rings. The number of ether oxygens (including phenoxy) is 2. The van der Waals surface area contributed by atoms with Gasteiger partial charge in [-0.25, -0.2) is 0 Å². The first kappa shape index (κ1) is 13.1. The van der Waals surface area contributed by atoms with Crippen LogP contribution >= 0.6 is 11.6 Å². The molecule has 0 aromatic heterocycles. The maximum absolute atomic E-state index is 6.14. The van der Waals surface area contributed by atoms with Crippen LogP contribution in [0.2, 0.25) is 5.02 Å². The van der Waals surface area contributed by atoms with Crippen molar-refractivity contribution in [1.29, 1.82) is 0 Å². The van der Waals surface area contributed by atoms with Crippen LogP contribution in [0.15, 0.2) is 12.1 Å². The van der Waals surface area contributed by atoms with E-state index in [1.54, 1.807) is 13.2 Å². The Morgan fingerprint density at radius 2 is 2.00 bits per heavy atom. The van der Waals surface area contributed by atoms with Crippen LogP contribution in [0, 0.1) is 0 Å². The summed E-state index contributed by atoms with van der Waals surface area (Å²) in [6.07, 6.45) is 0. The Labute approximate surface area is 102 Å². The number of hydrogen-bond acceptors (Lipinski definition) is 3. The zero-order valence-electron chi connectivity index (χ0n) is 9.97. The molecule has 0 fully saturated rings. The van der Waals surface area contributed by atoms with E-state index in [1.165, 1.54) is 0 Å². The smallest absolute Gasteiger partial charge is 0.162 e. The zero-order valence-corrected chi connectivity index (χ0v) is 10.7. The third-order valence-electron chi connectivity index (χ3n) is 2.20. The van der Waals surface area contributed by atoms with Crippen molar-refractivity contribution in [2.24, 2.45) is 0 Å². The highest BCUT2D eigenvalue weighted by Crippen LogP contribution is 2.33. The lowest BCUT2D eigenvalue weighted by molar-refractivity contribution is 0.310. The van der Waals surface area contributed by atoms with Gasteiger partial charge in [0.2, 0.25) is 0 Å². The maximum Gasteiger partial charge on any atom is 0.162 e. The molecule has 0 spiro atoms. The highest BCUT2D eigenvalue weighted by Gasteiger charge is 2.09. The Hall–Kier alpha value is -0.930. The van der Waals surface area contributed by atoms with Gasteiger partial charge < -0.3 is 14.8 Å². The number of benzene rings is 1. The fourth-order valence-electron chi connectivity index (χ4n) is 1.40. The summed E-state index contributed by atoms with van der Waals surface area (Å²) >= 11 is 6.14. The van der Waals surface area contributed by atoms with Crippen molar-refractivity contribution in [2.45, 2.75) is 20.4 Å². The summed E-state index contributed by atoms with van der Waals surface area (Å²) < 4.78 is 10.7. The van der Waals surface area contributed by atoms with Gasteiger partial charge in [0.1, 0.15) is 0 Å². The molecule has 0 radical (unpaired) electrons. The highest BCUT2D eigenvalue weighted by molar-refractivity contribution is 6.31. The van der Waals surface area contributed by atoms with E-state index in [0.717, 1.165) is 24.4 Å². The third-order valence-corrected chi connectivity index (χ3v) is 2.55. The minimum atomic E-state index is 0.610. The highest BCUT2D eigenvalue weighted by atomic mass is 35.5. The number of rotatable bonds is 6. The van der Waals surface area contributed by atoms with Crippen LogP contribution in [0.5, 0.6) is 11.5 Å². The summed E-state index contributed by atoms with van der Waals surface area (Å²) in [6.45, 7) is 6.25. The van der Waals surface area contributed by atoms with Crippen molar-refractivity contribution in [2.75, 3.05) is 20.3 Å². The normalized spacial score (nSPS) is 10.2. The molecule has 1 rings (SSSR count). The molecule has 0 unspecified atom stereocenters. The average Bonchev–Trinajstić information content (AvgIpc) is 2.29. The quantitative estimate of drug-likeness (QED) is 0.834. The van der Waals surface area contributed by atoms with E-state index in [9.17, 15) is 0 Å². The standard InChI is InChI=1S/C12H18ClNO2/c1-4-14-8-9-6-12(16-5-2)11(15-3)7-10(9)13/h6-7,14H,4-5,8H2,1-3H3. The largest absolute Gasteiger partial charge is 0.493 e. The predicted octanol–water partition coefficient (Wildman–Crippen LogP) is 2.86. The van der Waals surface area contributed by atoms with Gasteiger partial charge >= 0.3 is 0 Å². The van der Waals surface area contributed by atoms with Crippen molar-refractivity contribution in [1.82, 2.24) is 5.32 Å². The minimum Gasteiger partial charge on any atom is -0.493 e. The Kier molecular flexibility index (Phi) is 5.43. The molecule has 0 saturated carbocycles. The molecule has 0 saturated heterocycles. The van der Waals surface area contributed by atoms with Crippen molar-refractivity contribution < 1.29 is 9.47 Å². The summed E-state index contributed by atoms with van der Waals surface area (Å²) in [7, 11) is 1.61. The maximum atomic E-state index is 6.14. The number of hydrogen-bond donors (Lipinski definition) is 1. The van der Waals surface area contributed by atoms with Crippen molar-refractivity contribution in [3.05, 3.63) is 22.7 Å². The van der Waals surface area contributed by atoms with Gasteiger partial charge in [0.25, 0.3) is 0 Å². The number of halogens is 1. The molecule has 90 valence electrons. The average molecular weight is 244 g/mol. The monoisotopic (exact) mass is 243 g/mol. The second-order valence-corrected chi connectivity index (χ2v) is 3.72.